The molecule has 0 aromatic carbocycles. The number of aromatic nitrogens is 5. The lowest BCUT2D eigenvalue weighted by atomic mass is 10.4. The summed E-state index contributed by atoms with van der Waals surface area (Å²) in [4.78, 5) is 0. The van der Waals surface area contributed by atoms with Crippen LogP contribution < -0.4 is 5.32 Å². The van der Waals surface area contributed by atoms with E-state index in [0.29, 0.717) is 0 Å². The van der Waals surface area contributed by atoms with Crippen LogP contribution in [0.4, 0.5) is 5.13 Å². The van der Waals surface area contributed by atoms with Gasteiger partial charge in [0.2, 0.25) is 5.13 Å². The monoisotopic (exact) mass is 238 g/mol. The second-order valence-corrected chi connectivity index (χ2v) is 4.26. The molecule has 16 heavy (non-hydrogen) atoms. The molecule has 0 saturated heterocycles. The van der Waals surface area contributed by atoms with Gasteiger partial charge in [-0.3, -0.25) is 0 Å². The number of anilines is 1. The molecule has 0 atom stereocenters. The molecule has 0 aliphatic rings. The van der Waals surface area contributed by atoms with E-state index in [0.717, 1.165) is 35.3 Å². The molecule has 0 bridgehead atoms. The third kappa shape index (κ3) is 2.19. The van der Waals surface area contributed by atoms with Crippen molar-refractivity contribution < 1.29 is 0 Å². The smallest absolute Gasteiger partial charge is 0.206 e. The summed E-state index contributed by atoms with van der Waals surface area (Å²) in [6.45, 7) is 5.84. The van der Waals surface area contributed by atoms with Crippen molar-refractivity contribution in [1.82, 2.24) is 25.2 Å². The highest BCUT2D eigenvalue weighted by Crippen LogP contribution is 2.25. The lowest BCUT2D eigenvalue weighted by molar-refractivity contribution is 0.584. The van der Waals surface area contributed by atoms with Gasteiger partial charge in [0.15, 0.2) is 5.01 Å². The van der Waals surface area contributed by atoms with E-state index >= 15 is 0 Å². The quantitative estimate of drug-likeness (QED) is 0.857. The van der Waals surface area contributed by atoms with Crippen LogP contribution in [0.15, 0.2) is 6.20 Å². The SMILES string of the molecule is CCCn1nncc1-c1nnc(NCC)s1. The number of hydrogen-bond acceptors (Lipinski definition) is 6. The maximum atomic E-state index is 4.13. The molecule has 0 saturated carbocycles. The van der Waals surface area contributed by atoms with E-state index in [4.69, 9.17) is 0 Å². The standard InChI is InChI=1S/C9H14N6S/c1-3-5-15-7(6-11-14-15)8-12-13-9(16-8)10-4-2/h6H,3-5H2,1-2H3,(H,10,13). The maximum Gasteiger partial charge on any atom is 0.206 e. The van der Waals surface area contributed by atoms with Gasteiger partial charge in [0.05, 0.1) is 6.20 Å². The number of aryl methyl sites for hydroxylation is 1. The minimum absolute atomic E-state index is 0.835. The third-order valence-electron chi connectivity index (χ3n) is 2.03. The number of hydrogen-bond donors (Lipinski definition) is 1. The molecular formula is C9H14N6S. The van der Waals surface area contributed by atoms with Crippen molar-refractivity contribution in [3.8, 4) is 10.7 Å². The first kappa shape index (κ1) is 11.0. The fourth-order valence-corrected chi connectivity index (χ4v) is 2.18. The van der Waals surface area contributed by atoms with Gasteiger partial charge >= 0.3 is 0 Å². The zero-order valence-electron chi connectivity index (χ0n) is 9.34. The summed E-state index contributed by atoms with van der Waals surface area (Å²) in [6.07, 6.45) is 2.75. The van der Waals surface area contributed by atoms with Crippen LogP contribution in [0.25, 0.3) is 10.7 Å². The van der Waals surface area contributed by atoms with Gasteiger partial charge in [-0.05, 0) is 13.3 Å². The first-order valence-electron chi connectivity index (χ1n) is 5.31. The molecule has 0 radical (unpaired) electrons. The average molecular weight is 238 g/mol. The van der Waals surface area contributed by atoms with E-state index in [2.05, 4.69) is 32.7 Å². The van der Waals surface area contributed by atoms with E-state index in [9.17, 15) is 0 Å². The number of rotatable bonds is 5. The lowest BCUT2D eigenvalue weighted by Gasteiger charge is -1.99. The van der Waals surface area contributed by atoms with E-state index in [1.54, 1.807) is 6.20 Å². The van der Waals surface area contributed by atoms with Gasteiger partial charge in [-0.25, -0.2) is 4.68 Å². The normalized spacial score (nSPS) is 10.6. The molecular weight excluding hydrogens is 224 g/mol. The lowest BCUT2D eigenvalue weighted by Crippen LogP contribution is -2.01. The third-order valence-corrected chi connectivity index (χ3v) is 2.93. The van der Waals surface area contributed by atoms with Crippen molar-refractivity contribution in [1.29, 1.82) is 0 Å². The Morgan fingerprint density at radius 1 is 1.38 bits per heavy atom. The Bertz CT molecular complexity index is 448. The fourth-order valence-electron chi connectivity index (χ4n) is 1.35. The summed E-state index contributed by atoms with van der Waals surface area (Å²) in [5, 5.41) is 20.9. The fraction of sp³-hybridized carbons (Fsp3) is 0.556. The molecule has 2 aromatic heterocycles. The van der Waals surface area contributed by atoms with Gasteiger partial charge in [-0.15, -0.1) is 15.3 Å². The summed E-state index contributed by atoms with van der Waals surface area (Å²) in [5.74, 6) is 0. The Balaban J connectivity index is 2.24. The molecule has 7 heteroatoms. The molecule has 0 aliphatic carbocycles. The van der Waals surface area contributed by atoms with Gasteiger partial charge < -0.3 is 5.32 Å². The van der Waals surface area contributed by atoms with Crippen LogP contribution in [0.3, 0.4) is 0 Å². The van der Waals surface area contributed by atoms with Gasteiger partial charge in [0, 0.05) is 13.1 Å². The van der Waals surface area contributed by atoms with Crippen LogP contribution >= 0.6 is 11.3 Å². The molecule has 2 rings (SSSR count). The first-order valence-corrected chi connectivity index (χ1v) is 6.13. The van der Waals surface area contributed by atoms with Crippen LogP contribution in [0.5, 0.6) is 0 Å². The molecule has 2 heterocycles. The van der Waals surface area contributed by atoms with Gasteiger partial charge in [0.1, 0.15) is 5.69 Å². The zero-order valence-corrected chi connectivity index (χ0v) is 10.2. The van der Waals surface area contributed by atoms with Crippen molar-refractivity contribution >= 4 is 16.5 Å². The highest BCUT2D eigenvalue weighted by atomic mass is 32.1. The van der Waals surface area contributed by atoms with Crippen LogP contribution in [-0.2, 0) is 6.54 Å². The average Bonchev–Trinajstić information content (AvgIpc) is 2.87. The van der Waals surface area contributed by atoms with E-state index in [1.807, 2.05) is 11.6 Å². The highest BCUT2D eigenvalue weighted by Gasteiger charge is 2.11. The number of nitrogens with one attached hydrogen (secondary N) is 1. The van der Waals surface area contributed by atoms with Crippen LogP contribution in [0.2, 0.25) is 0 Å². The van der Waals surface area contributed by atoms with Gasteiger partial charge in [-0.2, -0.15) is 0 Å². The van der Waals surface area contributed by atoms with Crippen LogP contribution in [0, 0.1) is 0 Å². The summed E-state index contributed by atoms with van der Waals surface area (Å²) in [5.41, 5.74) is 0.934. The Morgan fingerprint density at radius 3 is 3.00 bits per heavy atom. The van der Waals surface area contributed by atoms with Gasteiger partial charge in [-0.1, -0.05) is 23.5 Å². The Labute approximate surface area is 97.7 Å². The molecule has 0 amide bonds. The van der Waals surface area contributed by atoms with Gasteiger partial charge in [0.25, 0.3) is 0 Å². The molecule has 6 nitrogen and oxygen atoms in total. The zero-order chi connectivity index (χ0) is 11.4. The summed E-state index contributed by atoms with van der Waals surface area (Å²) >= 11 is 1.52. The molecule has 2 aromatic rings. The van der Waals surface area contributed by atoms with E-state index in [1.165, 1.54) is 11.3 Å². The predicted molar refractivity (Wildman–Crippen MR) is 63.4 cm³/mol. The highest BCUT2D eigenvalue weighted by molar-refractivity contribution is 7.18. The van der Waals surface area contributed by atoms with Crippen molar-refractivity contribution in [2.24, 2.45) is 0 Å². The first-order chi connectivity index (χ1) is 7.85. The van der Waals surface area contributed by atoms with Crippen molar-refractivity contribution in [2.75, 3.05) is 11.9 Å². The van der Waals surface area contributed by atoms with Crippen LogP contribution in [-0.4, -0.2) is 31.7 Å². The maximum absolute atomic E-state index is 4.13. The predicted octanol–water partition coefficient (Wildman–Crippen LogP) is 1.64. The molecule has 1 N–H and O–H groups in total. The Morgan fingerprint density at radius 2 is 2.25 bits per heavy atom. The van der Waals surface area contributed by atoms with E-state index in [-0.39, 0.29) is 0 Å². The largest absolute Gasteiger partial charge is 0.360 e. The van der Waals surface area contributed by atoms with Crippen molar-refractivity contribution in [2.45, 2.75) is 26.8 Å². The van der Waals surface area contributed by atoms with E-state index < -0.39 is 0 Å². The van der Waals surface area contributed by atoms with Crippen molar-refractivity contribution in [3.63, 3.8) is 0 Å². The minimum Gasteiger partial charge on any atom is -0.360 e. The Hall–Kier alpha value is -1.50. The molecule has 0 aliphatic heterocycles. The molecule has 0 unspecified atom stereocenters. The van der Waals surface area contributed by atoms with Crippen LogP contribution in [0.1, 0.15) is 20.3 Å². The molecule has 0 fully saturated rings. The Kier molecular flexibility index (Phi) is 3.45. The molecule has 0 spiro atoms. The second-order valence-electron chi connectivity index (χ2n) is 3.29. The van der Waals surface area contributed by atoms with Crippen molar-refractivity contribution in [3.05, 3.63) is 6.20 Å². The summed E-state index contributed by atoms with van der Waals surface area (Å²) in [6, 6.07) is 0. The summed E-state index contributed by atoms with van der Waals surface area (Å²) in [7, 11) is 0. The topological polar surface area (TPSA) is 68.5 Å². The molecule has 86 valence electrons. The summed E-state index contributed by atoms with van der Waals surface area (Å²) < 4.78 is 1.86. The minimum atomic E-state index is 0.835. The number of nitrogens with zero attached hydrogens (tertiary/aromatic N) is 5. The second kappa shape index (κ2) is 5.02.